The Morgan fingerprint density at radius 1 is 0.895 bits per heavy atom. The second-order valence-electron chi connectivity index (χ2n) is 8.70. The molecule has 14 heteroatoms. The Labute approximate surface area is 230 Å². The van der Waals surface area contributed by atoms with Crippen LogP contribution < -0.4 is 10.6 Å². The first kappa shape index (κ1) is 29.8. The van der Waals surface area contributed by atoms with Crippen molar-refractivity contribution in [1.29, 1.82) is 0 Å². The molecule has 2 saturated heterocycles. The molecule has 0 aromatic carbocycles. The van der Waals surface area contributed by atoms with Crippen LogP contribution in [0.2, 0.25) is 10.6 Å². The lowest BCUT2D eigenvalue weighted by Gasteiger charge is -2.22. The van der Waals surface area contributed by atoms with Crippen molar-refractivity contribution in [2.45, 2.75) is 32.6 Å². The molecule has 3 N–H and O–H groups in total. The Bertz CT molecular complexity index is 1070. The van der Waals surface area contributed by atoms with Crippen LogP contribution >= 0.6 is 23.2 Å². The van der Waals surface area contributed by atoms with E-state index >= 15 is 0 Å². The molecular weight excluding hydrogens is 539 g/mol. The summed E-state index contributed by atoms with van der Waals surface area (Å²) in [5.41, 5.74) is 0.342. The number of carboxylic acid groups (broad SMARTS) is 1. The Morgan fingerprint density at radius 3 is 1.79 bits per heavy atom. The van der Waals surface area contributed by atoms with Gasteiger partial charge in [0.05, 0.1) is 6.61 Å². The van der Waals surface area contributed by atoms with Gasteiger partial charge in [0.15, 0.2) is 0 Å². The van der Waals surface area contributed by atoms with E-state index in [0.717, 1.165) is 58.7 Å². The molecule has 0 bridgehead atoms. The number of esters is 1. The number of hydrogen-bond acceptors (Lipinski definition) is 11. The number of nitrogens with one attached hydrogen (secondary N) is 2. The first-order valence-electron chi connectivity index (χ1n) is 12.5. The van der Waals surface area contributed by atoms with Crippen molar-refractivity contribution in [1.82, 2.24) is 19.9 Å². The third-order valence-electron chi connectivity index (χ3n) is 6.04. The molecule has 2 aliphatic heterocycles. The van der Waals surface area contributed by atoms with E-state index in [0.29, 0.717) is 36.4 Å². The van der Waals surface area contributed by atoms with Crippen LogP contribution in [0.5, 0.6) is 0 Å². The van der Waals surface area contributed by atoms with Gasteiger partial charge in [-0.3, -0.25) is 0 Å². The highest BCUT2D eigenvalue weighted by molar-refractivity contribution is 6.28. The largest absolute Gasteiger partial charge is 0.477 e. The number of ether oxygens (including phenoxy) is 3. The van der Waals surface area contributed by atoms with Crippen LogP contribution in [0.25, 0.3) is 0 Å². The Balaban J connectivity index is 0.000000212. The number of carbonyl (C=O) groups excluding carboxylic acids is 1. The van der Waals surface area contributed by atoms with Crippen LogP contribution in [0.1, 0.15) is 53.3 Å². The molecule has 0 spiro atoms. The topological polar surface area (TPSA) is 158 Å². The predicted molar refractivity (Wildman–Crippen MR) is 141 cm³/mol. The molecule has 0 aliphatic carbocycles. The van der Waals surface area contributed by atoms with Gasteiger partial charge in [-0.25, -0.2) is 19.6 Å². The molecule has 2 aromatic heterocycles. The number of carbonyl (C=O) groups is 2. The molecule has 0 radical (unpaired) electrons. The monoisotopic (exact) mass is 570 g/mol. The maximum absolute atomic E-state index is 11.8. The fourth-order valence-electron chi connectivity index (χ4n) is 3.89. The lowest BCUT2D eigenvalue weighted by atomic mass is 10.0. The van der Waals surface area contributed by atoms with Crippen molar-refractivity contribution in [3.63, 3.8) is 0 Å². The second-order valence-corrected chi connectivity index (χ2v) is 9.38. The molecule has 0 unspecified atom stereocenters. The normalized spacial score (nSPS) is 16.2. The van der Waals surface area contributed by atoms with E-state index in [1.807, 2.05) is 0 Å². The Kier molecular flexibility index (Phi) is 12.2. The zero-order chi connectivity index (χ0) is 27.3. The van der Waals surface area contributed by atoms with Gasteiger partial charge in [-0.2, -0.15) is 9.97 Å². The summed E-state index contributed by atoms with van der Waals surface area (Å²) in [6, 6.07) is 0. The van der Waals surface area contributed by atoms with E-state index in [4.69, 9.17) is 42.5 Å². The quantitative estimate of drug-likeness (QED) is 0.296. The average molecular weight is 571 g/mol. The molecule has 38 heavy (non-hydrogen) atoms. The van der Waals surface area contributed by atoms with Gasteiger partial charge in [-0.15, -0.1) is 0 Å². The molecule has 2 aliphatic rings. The molecule has 4 heterocycles. The maximum Gasteiger partial charge on any atom is 0.343 e. The van der Waals surface area contributed by atoms with Crippen LogP contribution in [0.15, 0.2) is 12.4 Å². The maximum atomic E-state index is 11.8. The van der Waals surface area contributed by atoms with Gasteiger partial charge in [0.2, 0.25) is 10.6 Å². The summed E-state index contributed by atoms with van der Waals surface area (Å²) in [6.45, 7) is 6.51. The SMILES string of the molecule is CCOC(=O)c1cnc(Cl)nc1NCC1CCOCC1.O=C(O)c1cnc(Cl)nc1NCC1CCOCC1. The van der Waals surface area contributed by atoms with Crippen LogP contribution in [-0.2, 0) is 14.2 Å². The molecule has 2 fully saturated rings. The lowest BCUT2D eigenvalue weighted by Crippen LogP contribution is -2.24. The van der Waals surface area contributed by atoms with E-state index < -0.39 is 11.9 Å². The predicted octanol–water partition coefficient (Wildman–Crippen LogP) is 3.81. The van der Waals surface area contributed by atoms with Crippen molar-refractivity contribution in [3.8, 4) is 0 Å². The summed E-state index contributed by atoms with van der Waals surface area (Å²) in [5.74, 6) is 0.158. The third-order valence-corrected chi connectivity index (χ3v) is 6.41. The highest BCUT2D eigenvalue weighted by Crippen LogP contribution is 2.20. The van der Waals surface area contributed by atoms with Crippen molar-refractivity contribution >= 4 is 46.8 Å². The molecule has 0 atom stereocenters. The van der Waals surface area contributed by atoms with Crippen LogP contribution in [0.4, 0.5) is 11.6 Å². The lowest BCUT2D eigenvalue weighted by molar-refractivity contribution is 0.0525. The molecule has 12 nitrogen and oxygen atoms in total. The molecule has 2 aromatic rings. The van der Waals surface area contributed by atoms with E-state index in [9.17, 15) is 9.59 Å². The average Bonchev–Trinajstić information content (AvgIpc) is 2.92. The molecular formula is C24H32Cl2N6O6. The van der Waals surface area contributed by atoms with Crippen molar-refractivity contribution in [2.24, 2.45) is 11.8 Å². The van der Waals surface area contributed by atoms with E-state index in [-0.39, 0.29) is 21.9 Å². The first-order chi connectivity index (χ1) is 18.4. The third kappa shape index (κ3) is 9.50. The standard InChI is InChI=1S/C13H18ClN3O3.C11H14ClN3O3/c1-2-20-12(18)10-8-16-13(14)17-11(10)15-7-9-3-5-19-6-4-9;12-11-14-6-8(10(16)17)9(15-11)13-5-7-1-3-18-4-2-7/h8-9H,2-7H2,1H3,(H,15,16,17);6-7H,1-5H2,(H,16,17)(H,13,14,15). The van der Waals surface area contributed by atoms with Gasteiger partial charge in [0, 0.05) is 51.9 Å². The zero-order valence-corrected chi connectivity index (χ0v) is 22.6. The number of aromatic nitrogens is 4. The van der Waals surface area contributed by atoms with Crippen LogP contribution in [-0.4, -0.2) is 83.1 Å². The zero-order valence-electron chi connectivity index (χ0n) is 21.1. The molecule has 208 valence electrons. The Morgan fingerprint density at radius 2 is 1.34 bits per heavy atom. The Hall–Kier alpha value is -2.80. The van der Waals surface area contributed by atoms with Crippen LogP contribution in [0.3, 0.4) is 0 Å². The number of anilines is 2. The number of rotatable bonds is 9. The molecule has 4 rings (SSSR count). The number of carboxylic acids is 1. The summed E-state index contributed by atoms with van der Waals surface area (Å²) in [7, 11) is 0. The van der Waals surface area contributed by atoms with Crippen molar-refractivity contribution in [2.75, 3.05) is 56.8 Å². The number of aromatic carboxylic acids is 1. The van der Waals surface area contributed by atoms with Crippen molar-refractivity contribution in [3.05, 3.63) is 34.1 Å². The smallest absolute Gasteiger partial charge is 0.343 e. The van der Waals surface area contributed by atoms with Gasteiger partial charge >= 0.3 is 11.9 Å². The fourth-order valence-corrected chi connectivity index (χ4v) is 4.15. The molecule has 0 saturated carbocycles. The molecule has 0 amide bonds. The minimum absolute atomic E-state index is 0.0338. The van der Waals surface area contributed by atoms with Gasteiger partial charge in [-0.05, 0) is 67.6 Å². The van der Waals surface area contributed by atoms with Crippen molar-refractivity contribution < 1.29 is 28.9 Å². The van der Waals surface area contributed by atoms with Gasteiger partial charge in [0.1, 0.15) is 22.8 Å². The van der Waals surface area contributed by atoms with Gasteiger partial charge in [-0.1, -0.05) is 0 Å². The second kappa shape index (κ2) is 15.6. The van der Waals surface area contributed by atoms with E-state index in [1.54, 1.807) is 6.92 Å². The summed E-state index contributed by atoms with van der Waals surface area (Å²) >= 11 is 11.5. The highest BCUT2D eigenvalue weighted by Gasteiger charge is 2.19. The van der Waals surface area contributed by atoms with Crippen LogP contribution in [0, 0.1) is 11.8 Å². The number of nitrogens with zero attached hydrogens (tertiary/aromatic N) is 4. The highest BCUT2D eigenvalue weighted by atomic mass is 35.5. The van der Waals surface area contributed by atoms with E-state index in [2.05, 4.69) is 30.6 Å². The first-order valence-corrected chi connectivity index (χ1v) is 13.2. The van der Waals surface area contributed by atoms with Gasteiger partial charge < -0.3 is 30.0 Å². The summed E-state index contributed by atoms with van der Waals surface area (Å²) < 4.78 is 15.6. The number of halogens is 2. The number of hydrogen-bond donors (Lipinski definition) is 3. The minimum Gasteiger partial charge on any atom is -0.477 e. The minimum atomic E-state index is -1.07. The summed E-state index contributed by atoms with van der Waals surface area (Å²) in [5, 5.41) is 15.4. The summed E-state index contributed by atoms with van der Waals surface area (Å²) in [4.78, 5) is 38.3. The van der Waals surface area contributed by atoms with E-state index in [1.165, 1.54) is 12.4 Å². The fraction of sp³-hybridized carbons (Fsp3) is 0.583. The summed E-state index contributed by atoms with van der Waals surface area (Å²) in [6.07, 6.45) is 6.53. The van der Waals surface area contributed by atoms with Gasteiger partial charge in [0.25, 0.3) is 0 Å².